The number of rotatable bonds is 6. The second kappa shape index (κ2) is 10.7. The van der Waals surface area contributed by atoms with Crippen LogP contribution in [0.15, 0.2) is 24.3 Å². The number of hydrogen-bond donors (Lipinski definition) is 0. The molecule has 3 aliphatic carbocycles. The third-order valence-electron chi connectivity index (χ3n) is 8.07. The van der Waals surface area contributed by atoms with Crippen molar-refractivity contribution in [2.24, 2.45) is 35.5 Å². The van der Waals surface area contributed by atoms with Gasteiger partial charge in [-0.25, -0.2) is 0 Å². The van der Waals surface area contributed by atoms with Crippen LogP contribution in [-0.4, -0.2) is 0 Å². The minimum atomic E-state index is 0.902. The lowest BCUT2D eigenvalue weighted by molar-refractivity contribution is 0.112. The topological polar surface area (TPSA) is 0 Å². The van der Waals surface area contributed by atoms with Crippen LogP contribution in [0.3, 0.4) is 0 Å². The summed E-state index contributed by atoms with van der Waals surface area (Å²) in [7, 11) is 0. The first-order chi connectivity index (χ1) is 12.8. The lowest BCUT2D eigenvalue weighted by atomic mass is 9.65. The van der Waals surface area contributed by atoms with Gasteiger partial charge in [0.05, 0.1) is 0 Å². The maximum Gasteiger partial charge on any atom is -0.0233 e. The van der Waals surface area contributed by atoms with Gasteiger partial charge in [-0.15, -0.1) is 0 Å². The van der Waals surface area contributed by atoms with E-state index in [1.54, 1.807) is 25.7 Å². The molecule has 0 heterocycles. The summed E-state index contributed by atoms with van der Waals surface area (Å²) < 4.78 is 0. The van der Waals surface area contributed by atoms with Crippen LogP contribution in [0.1, 0.15) is 104 Å². The zero-order valence-electron chi connectivity index (χ0n) is 17.7. The summed E-state index contributed by atoms with van der Waals surface area (Å²) in [5.41, 5.74) is 0. The Labute approximate surface area is 163 Å². The SMILES string of the molecule is CC/C=C/C1CCC(C2CCC(C3CCC(/C=C/CC)CC3)CC2)CC1. The molecule has 26 heavy (non-hydrogen) atoms. The van der Waals surface area contributed by atoms with E-state index >= 15 is 0 Å². The molecule has 0 amide bonds. The van der Waals surface area contributed by atoms with Crippen molar-refractivity contribution in [1.82, 2.24) is 0 Å². The van der Waals surface area contributed by atoms with Crippen LogP contribution in [-0.2, 0) is 0 Å². The smallest absolute Gasteiger partial charge is 0.0233 e. The second-order valence-electron chi connectivity index (χ2n) is 9.70. The summed E-state index contributed by atoms with van der Waals surface area (Å²) in [5.74, 6) is 6.09. The molecule has 3 rings (SSSR count). The van der Waals surface area contributed by atoms with Gasteiger partial charge in [0.15, 0.2) is 0 Å². The fourth-order valence-corrected chi connectivity index (χ4v) is 6.36. The van der Waals surface area contributed by atoms with Gasteiger partial charge in [0.1, 0.15) is 0 Å². The molecule has 3 aliphatic rings. The zero-order chi connectivity index (χ0) is 18.2. The summed E-state index contributed by atoms with van der Waals surface area (Å²) in [4.78, 5) is 0. The van der Waals surface area contributed by atoms with Crippen molar-refractivity contribution in [2.75, 3.05) is 0 Å². The molecular formula is C26H44. The van der Waals surface area contributed by atoms with Crippen LogP contribution < -0.4 is 0 Å². The predicted molar refractivity (Wildman–Crippen MR) is 115 cm³/mol. The Hall–Kier alpha value is -0.520. The summed E-state index contributed by atoms with van der Waals surface area (Å²) in [6, 6.07) is 0. The van der Waals surface area contributed by atoms with Gasteiger partial charge in [-0.05, 0) is 125 Å². The summed E-state index contributed by atoms with van der Waals surface area (Å²) in [6.45, 7) is 4.52. The number of allylic oxidation sites excluding steroid dienone is 4. The number of hydrogen-bond acceptors (Lipinski definition) is 0. The van der Waals surface area contributed by atoms with Crippen molar-refractivity contribution in [3.63, 3.8) is 0 Å². The van der Waals surface area contributed by atoms with E-state index in [2.05, 4.69) is 38.2 Å². The zero-order valence-corrected chi connectivity index (χ0v) is 17.7. The highest BCUT2D eigenvalue weighted by atomic mass is 14.4. The van der Waals surface area contributed by atoms with Gasteiger partial charge in [-0.1, -0.05) is 38.2 Å². The van der Waals surface area contributed by atoms with E-state index in [4.69, 9.17) is 0 Å². The van der Waals surface area contributed by atoms with Crippen LogP contribution in [0, 0.1) is 35.5 Å². The van der Waals surface area contributed by atoms with Gasteiger partial charge < -0.3 is 0 Å². The maximum absolute atomic E-state index is 2.51. The summed E-state index contributed by atoms with van der Waals surface area (Å²) >= 11 is 0. The Bertz CT molecular complexity index is 379. The normalized spacial score (nSPS) is 39.6. The average Bonchev–Trinajstić information content (AvgIpc) is 2.72. The van der Waals surface area contributed by atoms with E-state index in [1.165, 1.54) is 64.2 Å². The predicted octanol–water partition coefficient (Wildman–Crippen LogP) is 8.34. The van der Waals surface area contributed by atoms with Gasteiger partial charge in [0.2, 0.25) is 0 Å². The van der Waals surface area contributed by atoms with Crippen LogP contribution >= 0.6 is 0 Å². The third-order valence-corrected chi connectivity index (χ3v) is 8.07. The molecule has 0 spiro atoms. The average molecular weight is 357 g/mol. The third kappa shape index (κ3) is 5.74. The molecule has 0 atom stereocenters. The first-order valence-electron chi connectivity index (χ1n) is 12.1. The fourth-order valence-electron chi connectivity index (χ4n) is 6.36. The Morgan fingerprint density at radius 2 is 0.731 bits per heavy atom. The first-order valence-corrected chi connectivity index (χ1v) is 12.1. The lowest BCUT2D eigenvalue weighted by Crippen LogP contribution is -2.29. The fraction of sp³-hybridized carbons (Fsp3) is 0.846. The van der Waals surface area contributed by atoms with Crippen molar-refractivity contribution in [3.8, 4) is 0 Å². The monoisotopic (exact) mass is 356 g/mol. The highest BCUT2D eigenvalue weighted by molar-refractivity contribution is 4.94. The molecule has 0 bridgehead atoms. The molecule has 3 saturated carbocycles. The van der Waals surface area contributed by atoms with Crippen molar-refractivity contribution in [1.29, 1.82) is 0 Å². The highest BCUT2D eigenvalue weighted by Crippen LogP contribution is 2.46. The standard InChI is InChI=1S/C26H44/c1-3-5-7-21-9-13-23(14-10-21)25-17-19-26(20-18-25)24-15-11-22(12-16-24)8-6-4-2/h5-8,21-26H,3-4,9-20H2,1-2H3/b7-5+,8-6+. The maximum atomic E-state index is 2.51. The van der Waals surface area contributed by atoms with Crippen LogP contribution in [0.4, 0.5) is 0 Å². The van der Waals surface area contributed by atoms with E-state index < -0.39 is 0 Å². The van der Waals surface area contributed by atoms with Crippen LogP contribution in [0.25, 0.3) is 0 Å². The van der Waals surface area contributed by atoms with Crippen molar-refractivity contribution >= 4 is 0 Å². The molecule has 0 heteroatoms. The summed E-state index contributed by atoms with van der Waals surface area (Å²) in [5, 5.41) is 0. The molecule has 0 unspecified atom stereocenters. The molecule has 0 aliphatic heterocycles. The van der Waals surface area contributed by atoms with Crippen LogP contribution in [0.2, 0.25) is 0 Å². The van der Waals surface area contributed by atoms with E-state index in [9.17, 15) is 0 Å². The van der Waals surface area contributed by atoms with Crippen LogP contribution in [0.5, 0.6) is 0 Å². The Kier molecular flexibility index (Phi) is 8.34. The molecule has 0 radical (unpaired) electrons. The Balaban J connectivity index is 1.36. The minimum absolute atomic E-state index is 0.902. The quantitative estimate of drug-likeness (QED) is 0.419. The molecule has 0 saturated heterocycles. The molecule has 0 aromatic carbocycles. The van der Waals surface area contributed by atoms with E-state index in [0.29, 0.717) is 0 Å². The van der Waals surface area contributed by atoms with Gasteiger partial charge in [-0.2, -0.15) is 0 Å². The van der Waals surface area contributed by atoms with E-state index in [-0.39, 0.29) is 0 Å². The first kappa shape index (κ1) is 20.2. The molecule has 0 aromatic rings. The van der Waals surface area contributed by atoms with Gasteiger partial charge in [-0.3, -0.25) is 0 Å². The molecular weight excluding hydrogens is 312 g/mol. The van der Waals surface area contributed by atoms with Gasteiger partial charge in [0, 0.05) is 0 Å². The minimum Gasteiger partial charge on any atom is -0.0885 e. The van der Waals surface area contributed by atoms with Gasteiger partial charge >= 0.3 is 0 Å². The summed E-state index contributed by atoms with van der Waals surface area (Å²) in [6.07, 6.45) is 30.4. The largest absolute Gasteiger partial charge is 0.0885 e. The second-order valence-corrected chi connectivity index (χ2v) is 9.70. The van der Waals surface area contributed by atoms with Crippen molar-refractivity contribution < 1.29 is 0 Å². The van der Waals surface area contributed by atoms with Gasteiger partial charge in [0.25, 0.3) is 0 Å². The van der Waals surface area contributed by atoms with E-state index in [1.807, 2.05) is 0 Å². The molecule has 3 fully saturated rings. The van der Waals surface area contributed by atoms with Crippen molar-refractivity contribution in [3.05, 3.63) is 24.3 Å². The highest BCUT2D eigenvalue weighted by Gasteiger charge is 2.34. The van der Waals surface area contributed by atoms with E-state index in [0.717, 1.165) is 35.5 Å². The molecule has 0 nitrogen and oxygen atoms in total. The molecule has 148 valence electrons. The molecule has 0 N–H and O–H groups in total. The van der Waals surface area contributed by atoms with Crippen molar-refractivity contribution in [2.45, 2.75) is 104 Å². The lowest BCUT2D eigenvalue weighted by Gasteiger charge is -2.41. The Morgan fingerprint density at radius 1 is 0.462 bits per heavy atom. The molecule has 0 aromatic heterocycles. The Morgan fingerprint density at radius 3 is 1.00 bits per heavy atom.